The van der Waals surface area contributed by atoms with Gasteiger partial charge in [-0.25, -0.2) is 0 Å². The number of carbonyl (C=O) groups excluding carboxylic acids is 1. The number of nitrogens with zero attached hydrogens (tertiary/aromatic N) is 4. The Hall–Kier alpha value is -3.45. The normalized spacial score (nSPS) is 10.8. The lowest BCUT2D eigenvalue weighted by Gasteiger charge is -2.11. The standard InChI is InChI=1S/C24H23N5OS/c1-17-6-8-19(9-7-17)15-26-22(30)16-31-24-28-27-23(20-10-12-25-13-11-20)29(24)21-5-3-4-18(2)14-21/h3-14H,15-16H2,1-2H3,(H,26,30). The van der Waals surface area contributed by atoms with Gasteiger partial charge in [-0.1, -0.05) is 53.7 Å². The zero-order valence-corrected chi connectivity index (χ0v) is 18.3. The third-order valence-electron chi connectivity index (χ3n) is 4.77. The maximum Gasteiger partial charge on any atom is 0.230 e. The third-order valence-corrected chi connectivity index (χ3v) is 5.70. The van der Waals surface area contributed by atoms with E-state index in [9.17, 15) is 4.79 Å². The summed E-state index contributed by atoms with van der Waals surface area (Å²) in [5, 5.41) is 12.4. The number of hydrogen-bond acceptors (Lipinski definition) is 5. The van der Waals surface area contributed by atoms with Crippen LogP contribution in [-0.2, 0) is 11.3 Å². The van der Waals surface area contributed by atoms with Crippen molar-refractivity contribution in [3.8, 4) is 17.1 Å². The van der Waals surface area contributed by atoms with E-state index in [1.165, 1.54) is 17.3 Å². The molecule has 7 heteroatoms. The summed E-state index contributed by atoms with van der Waals surface area (Å²) in [5.74, 6) is 0.928. The number of benzene rings is 2. The molecule has 2 aromatic heterocycles. The minimum absolute atomic E-state index is 0.0465. The van der Waals surface area contributed by atoms with Gasteiger partial charge >= 0.3 is 0 Å². The Morgan fingerprint density at radius 1 is 0.968 bits per heavy atom. The number of carbonyl (C=O) groups is 1. The lowest BCUT2D eigenvalue weighted by molar-refractivity contribution is -0.118. The van der Waals surface area contributed by atoms with Crippen molar-refractivity contribution in [2.45, 2.75) is 25.5 Å². The van der Waals surface area contributed by atoms with Crippen molar-refractivity contribution in [2.24, 2.45) is 0 Å². The summed E-state index contributed by atoms with van der Waals surface area (Å²) < 4.78 is 1.99. The van der Waals surface area contributed by atoms with Gasteiger partial charge in [0.25, 0.3) is 0 Å². The molecule has 6 nitrogen and oxygen atoms in total. The molecule has 0 aliphatic rings. The molecule has 2 aromatic carbocycles. The summed E-state index contributed by atoms with van der Waals surface area (Å²) in [4.78, 5) is 16.5. The Kier molecular flexibility index (Phi) is 6.43. The lowest BCUT2D eigenvalue weighted by atomic mass is 10.1. The van der Waals surface area contributed by atoms with Crippen LogP contribution >= 0.6 is 11.8 Å². The summed E-state index contributed by atoms with van der Waals surface area (Å²) in [5.41, 5.74) is 5.29. The maximum absolute atomic E-state index is 12.4. The molecule has 0 unspecified atom stereocenters. The highest BCUT2D eigenvalue weighted by molar-refractivity contribution is 7.99. The summed E-state index contributed by atoms with van der Waals surface area (Å²) >= 11 is 1.37. The smallest absolute Gasteiger partial charge is 0.230 e. The molecule has 2 heterocycles. The van der Waals surface area contributed by atoms with E-state index in [0.717, 1.165) is 28.2 Å². The summed E-state index contributed by atoms with van der Waals surface area (Å²) in [6.07, 6.45) is 3.46. The minimum Gasteiger partial charge on any atom is -0.351 e. The first-order chi connectivity index (χ1) is 15.1. The molecule has 0 radical (unpaired) electrons. The first-order valence-corrected chi connectivity index (χ1v) is 11.0. The molecule has 4 aromatic rings. The van der Waals surface area contributed by atoms with Gasteiger partial charge in [-0.05, 0) is 49.2 Å². The van der Waals surface area contributed by atoms with Gasteiger partial charge in [0.05, 0.1) is 5.75 Å². The molecule has 0 fully saturated rings. The third kappa shape index (κ3) is 5.19. The first-order valence-electron chi connectivity index (χ1n) is 9.98. The quantitative estimate of drug-likeness (QED) is 0.442. The van der Waals surface area contributed by atoms with E-state index >= 15 is 0 Å². The highest BCUT2D eigenvalue weighted by Gasteiger charge is 2.17. The molecule has 0 saturated heterocycles. The van der Waals surface area contributed by atoms with E-state index in [2.05, 4.69) is 26.6 Å². The molecule has 1 N–H and O–H groups in total. The predicted octanol–water partition coefficient (Wildman–Crippen LogP) is 4.35. The second-order valence-corrected chi connectivity index (χ2v) is 8.21. The van der Waals surface area contributed by atoms with Crippen molar-refractivity contribution < 1.29 is 4.79 Å². The Bertz CT molecular complexity index is 1170. The Morgan fingerprint density at radius 3 is 2.48 bits per heavy atom. The van der Waals surface area contributed by atoms with Crippen LogP contribution in [0.1, 0.15) is 16.7 Å². The summed E-state index contributed by atoms with van der Waals surface area (Å²) in [6.45, 7) is 4.60. The molecule has 156 valence electrons. The second-order valence-electron chi connectivity index (χ2n) is 7.27. The van der Waals surface area contributed by atoms with E-state index in [0.29, 0.717) is 11.7 Å². The number of thioether (sulfide) groups is 1. The van der Waals surface area contributed by atoms with Crippen molar-refractivity contribution in [3.63, 3.8) is 0 Å². The number of rotatable bonds is 7. The number of aromatic nitrogens is 4. The van der Waals surface area contributed by atoms with Crippen molar-refractivity contribution >= 4 is 17.7 Å². The van der Waals surface area contributed by atoms with Gasteiger partial charge in [0.1, 0.15) is 0 Å². The summed E-state index contributed by atoms with van der Waals surface area (Å²) in [7, 11) is 0. The molecule has 0 aliphatic heterocycles. The number of pyridine rings is 1. The van der Waals surface area contributed by atoms with Crippen LogP contribution in [-0.4, -0.2) is 31.4 Å². The molecular weight excluding hydrogens is 406 g/mol. The summed E-state index contributed by atoms with van der Waals surface area (Å²) in [6, 6.07) is 20.1. The van der Waals surface area contributed by atoms with Gasteiger partial charge < -0.3 is 5.32 Å². The van der Waals surface area contributed by atoms with Crippen LogP contribution in [0.15, 0.2) is 78.2 Å². The molecular formula is C24H23N5OS. The molecule has 0 aliphatic carbocycles. The molecule has 0 saturated carbocycles. The molecule has 0 spiro atoms. The Morgan fingerprint density at radius 2 is 1.74 bits per heavy atom. The fraction of sp³-hybridized carbons (Fsp3) is 0.167. The van der Waals surface area contributed by atoms with E-state index in [-0.39, 0.29) is 11.7 Å². The van der Waals surface area contributed by atoms with Crippen LogP contribution in [0.25, 0.3) is 17.1 Å². The van der Waals surface area contributed by atoms with Gasteiger partial charge in [-0.2, -0.15) is 0 Å². The zero-order valence-electron chi connectivity index (χ0n) is 17.4. The van der Waals surface area contributed by atoms with Crippen LogP contribution in [0.5, 0.6) is 0 Å². The predicted molar refractivity (Wildman–Crippen MR) is 123 cm³/mol. The van der Waals surface area contributed by atoms with Crippen LogP contribution < -0.4 is 5.32 Å². The van der Waals surface area contributed by atoms with Crippen LogP contribution in [0.3, 0.4) is 0 Å². The minimum atomic E-state index is -0.0465. The molecule has 31 heavy (non-hydrogen) atoms. The fourth-order valence-corrected chi connectivity index (χ4v) is 3.92. The Balaban J connectivity index is 1.52. The van der Waals surface area contributed by atoms with E-state index in [4.69, 9.17) is 0 Å². The van der Waals surface area contributed by atoms with Crippen molar-refractivity contribution in [1.29, 1.82) is 0 Å². The van der Waals surface area contributed by atoms with E-state index in [1.807, 2.05) is 73.0 Å². The van der Waals surface area contributed by atoms with Crippen LogP contribution in [0.2, 0.25) is 0 Å². The lowest BCUT2D eigenvalue weighted by Crippen LogP contribution is -2.24. The van der Waals surface area contributed by atoms with Gasteiger partial charge in [0, 0.05) is 30.2 Å². The van der Waals surface area contributed by atoms with Crippen molar-refractivity contribution in [2.75, 3.05) is 5.75 Å². The average Bonchev–Trinajstić information content (AvgIpc) is 3.22. The number of aryl methyl sites for hydroxylation is 2. The van der Waals surface area contributed by atoms with E-state index in [1.54, 1.807) is 12.4 Å². The highest BCUT2D eigenvalue weighted by Crippen LogP contribution is 2.28. The van der Waals surface area contributed by atoms with Crippen LogP contribution in [0, 0.1) is 13.8 Å². The van der Waals surface area contributed by atoms with Crippen molar-refractivity contribution in [1.82, 2.24) is 25.1 Å². The largest absolute Gasteiger partial charge is 0.351 e. The second kappa shape index (κ2) is 9.57. The maximum atomic E-state index is 12.4. The van der Waals surface area contributed by atoms with Crippen molar-refractivity contribution in [3.05, 3.63) is 89.7 Å². The topological polar surface area (TPSA) is 72.7 Å². The first kappa shape index (κ1) is 20.8. The zero-order chi connectivity index (χ0) is 21.6. The Labute approximate surface area is 185 Å². The molecule has 4 rings (SSSR count). The van der Waals surface area contributed by atoms with Gasteiger partial charge in [-0.15, -0.1) is 10.2 Å². The average molecular weight is 430 g/mol. The molecule has 0 atom stereocenters. The SMILES string of the molecule is Cc1ccc(CNC(=O)CSc2nnc(-c3ccncc3)n2-c2cccc(C)c2)cc1. The molecule has 1 amide bonds. The highest BCUT2D eigenvalue weighted by atomic mass is 32.2. The van der Waals surface area contributed by atoms with Gasteiger partial charge in [0.2, 0.25) is 5.91 Å². The fourth-order valence-electron chi connectivity index (χ4n) is 3.14. The van der Waals surface area contributed by atoms with Gasteiger partial charge in [0.15, 0.2) is 11.0 Å². The monoisotopic (exact) mass is 429 g/mol. The number of amides is 1. The number of nitrogens with one attached hydrogen (secondary N) is 1. The molecule has 0 bridgehead atoms. The number of hydrogen-bond donors (Lipinski definition) is 1. The van der Waals surface area contributed by atoms with Crippen LogP contribution in [0.4, 0.5) is 0 Å². The van der Waals surface area contributed by atoms with Gasteiger partial charge in [-0.3, -0.25) is 14.3 Å². The van der Waals surface area contributed by atoms with E-state index < -0.39 is 0 Å².